The third-order valence-electron chi connectivity index (χ3n) is 4.87. The van der Waals surface area contributed by atoms with Gasteiger partial charge in [-0.25, -0.2) is 0 Å². The SMILES string of the molecule is [B](OCCc1cccc2ccccc12)OCCc1cccc2ccccc12. The van der Waals surface area contributed by atoms with E-state index in [1.54, 1.807) is 0 Å². The van der Waals surface area contributed by atoms with E-state index in [4.69, 9.17) is 9.31 Å². The molecule has 0 spiro atoms. The topological polar surface area (TPSA) is 18.5 Å². The van der Waals surface area contributed by atoms with Crippen molar-refractivity contribution in [1.29, 1.82) is 0 Å². The van der Waals surface area contributed by atoms with Crippen LogP contribution in [0.15, 0.2) is 84.9 Å². The van der Waals surface area contributed by atoms with Gasteiger partial charge in [-0.1, -0.05) is 84.9 Å². The Labute approximate surface area is 161 Å². The average Bonchev–Trinajstić information content (AvgIpc) is 2.73. The molecule has 0 aliphatic heterocycles. The minimum atomic E-state index is 0.613. The smallest absolute Gasteiger partial charge is 0.413 e. The van der Waals surface area contributed by atoms with Gasteiger partial charge in [0.05, 0.1) is 0 Å². The molecule has 3 heteroatoms. The molecule has 4 aromatic carbocycles. The fourth-order valence-electron chi connectivity index (χ4n) is 3.50. The fraction of sp³-hybridized carbons (Fsp3) is 0.167. The zero-order chi connectivity index (χ0) is 18.3. The van der Waals surface area contributed by atoms with Crippen molar-refractivity contribution in [2.24, 2.45) is 0 Å². The molecule has 0 unspecified atom stereocenters. The molecule has 4 aromatic rings. The molecule has 0 amide bonds. The van der Waals surface area contributed by atoms with Gasteiger partial charge in [-0.15, -0.1) is 0 Å². The Morgan fingerprint density at radius 2 is 0.963 bits per heavy atom. The van der Waals surface area contributed by atoms with Gasteiger partial charge in [-0.05, 0) is 45.5 Å². The molecule has 0 heterocycles. The summed E-state index contributed by atoms with van der Waals surface area (Å²) < 4.78 is 11.1. The van der Waals surface area contributed by atoms with Crippen molar-refractivity contribution in [3.8, 4) is 0 Å². The van der Waals surface area contributed by atoms with Crippen molar-refractivity contribution in [2.75, 3.05) is 13.2 Å². The molecule has 27 heavy (non-hydrogen) atoms. The summed E-state index contributed by atoms with van der Waals surface area (Å²) in [6, 6.07) is 29.7. The van der Waals surface area contributed by atoms with Gasteiger partial charge >= 0.3 is 7.69 Å². The zero-order valence-electron chi connectivity index (χ0n) is 15.3. The van der Waals surface area contributed by atoms with E-state index in [1.807, 2.05) is 0 Å². The van der Waals surface area contributed by atoms with Crippen LogP contribution in [0.5, 0.6) is 0 Å². The monoisotopic (exact) mass is 353 g/mol. The van der Waals surface area contributed by atoms with Crippen LogP contribution in [0.3, 0.4) is 0 Å². The maximum Gasteiger partial charge on any atom is 0.488 e. The third-order valence-corrected chi connectivity index (χ3v) is 4.87. The van der Waals surface area contributed by atoms with Crippen molar-refractivity contribution in [2.45, 2.75) is 12.8 Å². The lowest BCUT2D eigenvalue weighted by molar-refractivity contribution is 0.226. The second kappa shape index (κ2) is 8.85. The summed E-state index contributed by atoms with van der Waals surface area (Å²) in [4.78, 5) is 0. The maximum absolute atomic E-state index is 5.56. The molecule has 0 aliphatic rings. The van der Waals surface area contributed by atoms with Crippen LogP contribution in [0.1, 0.15) is 11.1 Å². The summed E-state index contributed by atoms with van der Waals surface area (Å²) in [6.07, 6.45) is 1.73. The normalized spacial score (nSPS) is 11.1. The van der Waals surface area contributed by atoms with Crippen LogP contribution in [0.2, 0.25) is 0 Å². The van der Waals surface area contributed by atoms with Crippen molar-refractivity contribution in [3.63, 3.8) is 0 Å². The molecule has 0 N–H and O–H groups in total. The molecule has 133 valence electrons. The summed E-state index contributed by atoms with van der Waals surface area (Å²) in [7, 11) is 1.48. The van der Waals surface area contributed by atoms with Crippen LogP contribution in [-0.2, 0) is 22.2 Å². The quantitative estimate of drug-likeness (QED) is 0.314. The van der Waals surface area contributed by atoms with E-state index in [9.17, 15) is 0 Å². The fourth-order valence-corrected chi connectivity index (χ4v) is 3.50. The third kappa shape index (κ3) is 4.38. The van der Waals surface area contributed by atoms with Crippen LogP contribution >= 0.6 is 0 Å². The first-order valence-electron chi connectivity index (χ1n) is 9.40. The highest BCUT2D eigenvalue weighted by molar-refractivity contribution is 6.17. The number of fused-ring (bicyclic) bond motifs is 2. The van der Waals surface area contributed by atoms with Crippen LogP contribution in [0.4, 0.5) is 0 Å². The molecule has 0 aliphatic carbocycles. The number of hydrogen-bond acceptors (Lipinski definition) is 2. The molecule has 2 nitrogen and oxygen atoms in total. The maximum atomic E-state index is 5.56. The van der Waals surface area contributed by atoms with Crippen molar-refractivity contribution in [3.05, 3.63) is 96.1 Å². The van der Waals surface area contributed by atoms with Crippen LogP contribution in [0.25, 0.3) is 21.5 Å². The molecule has 4 rings (SSSR count). The first-order chi connectivity index (χ1) is 13.4. The van der Waals surface area contributed by atoms with E-state index in [1.165, 1.54) is 40.4 Å². The van der Waals surface area contributed by atoms with Gasteiger partial charge in [0.1, 0.15) is 0 Å². The molecule has 0 atom stereocenters. The standard InChI is InChI=1S/C24H22BO2/c1-3-13-23-19(7-1)9-5-11-21(23)15-17-26-25-27-18-16-22-12-6-10-20-8-2-4-14-24(20)22/h1-14H,15-18H2. The Morgan fingerprint density at radius 3 is 1.48 bits per heavy atom. The largest absolute Gasteiger partial charge is 0.488 e. The molecule has 0 fully saturated rings. The number of hydrogen-bond donors (Lipinski definition) is 0. The van der Waals surface area contributed by atoms with E-state index in [2.05, 4.69) is 84.9 Å². The van der Waals surface area contributed by atoms with E-state index in [-0.39, 0.29) is 0 Å². The summed E-state index contributed by atoms with van der Waals surface area (Å²) in [5.41, 5.74) is 2.61. The molecular formula is C24H22BO2. The van der Waals surface area contributed by atoms with Gasteiger partial charge in [0.2, 0.25) is 0 Å². The molecule has 0 saturated heterocycles. The minimum absolute atomic E-state index is 0.613. The first kappa shape index (κ1) is 17.8. The van der Waals surface area contributed by atoms with E-state index < -0.39 is 0 Å². The van der Waals surface area contributed by atoms with Crippen LogP contribution < -0.4 is 0 Å². The predicted octanol–water partition coefficient (Wildman–Crippen LogP) is 5.35. The molecule has 0 saturated carbocycles. The van der Waals surface area contributed by atoms with E-state index >= 15 is 0 Å². The molecule has 0 bridgehead atoms. The van der Waals surface area contributed by atoms with Gasteiger partial charge < -0.3 is 9.31 Å². The van der Waals surface area contributed by atoms with Gasteiger partial charge in [0.15, 0.2) is 0 Å². The lowest BCUT2D eigenvalue weighted by Gasteiger charge is -2.08. The van der Waals surface area contributed by atoms with Crippen molar-refractivity contribution in [1.82, 2.24) is 0 Å². The minimum Gasteiger partial charge on any atom is -0.413 e. The van der Waals surface area contributed by atoms with E-state index in [0.717, 1.165) is 12.8 Å². The lowest BCUT2D eigenvalue weighted by atomic mass is 10.0. The van der Waals surface area contributed by atoms with E-state index in [0.29, 0.717) is 13.2 Å². The first-order valence-corrected chi connectivity index (χ1v) is 9.40. The van der Waals surface area contributed by atoms with Gasteiger partial charge in [-0.3, -0.25) is 0 Å². The van der Waals surface area contributed by atoms with Crippen molar-refractivity contribution < 1.29 is 9.31 Å². The highest BCUT2D eigenvalue weighted by Crippen LogP contribution is 2.20. The van der Waals surface area contributed by atoms with Crippen molar-refractivity contribution >= 4 is 29.2 Å². The molecule has 0 aromatic heterocycles. The van der Waals surface area contributed by atoms with Gasteiger partial charge in [-0.2, -0.15) is 0 Å². The van der Waals surface area contributed by atoms with Gasteiger partial charge in [0, 0.05) is 13.2 Å². The molecule has 1 radical (unpaired) electrons. The second-order valence-electron chi connectivity index (χ2n) is 6.61. The Balaban J connectivity index is 1.22. The lowest BCUT2D eigenvalue weighted by Crippen LogP contribution is -2.10. The second-order valence-corrected chi connectivity index (χ2v) is 6.61. The average molecular weight is 353 g/mol. The predicted molar refractivity (Wildman–Crippen MR) is 113 cm³/mol. The van der Waals surface area contributed by atoms with Gasteiger partial charge in [0.25, 0.3) is 0 Å². The number of benzene rings is 4. The summed E-state index contributed by atoms with van der Waals surface area (Å²) in [6.45, 7) is 1.23. The number of rotatable bonds is 8. The van der Waals surface area contributed by atoms with Crippen LogP contribution in [-0.4, -0.2) is 20.9 Å². The Hall–Kier alpha value is -2.62. The summed E-state index contributed by atoms with van der Waals surface area (Å²) >= 11 is 0. The Bertz CT molecular complexity index is 935. The highest BCUT2D eigenvalue weighted by Gasteiger charge is 2.03. The van der Waals surface area contributed by atoms with Crippen LogP contribution in [0, 0.1) is 0 Å². The summed E-state index contributed by atoms with van der Waals surface area (Å²) in [5.74, 6) is 0. The Kier molecular flexibility index (Phi) is 5.83. The zero-order valence-corrected chi connectivity index (χ0v) is 15.3. The Morgan fingerprint density at radius 1 is 0.519 bits per heavy atom. The summed E-state index contributed by atoms with van der Waals surface area (Å²) in [5, 5.41) is 5.12. The highest BCUT2D eigenvalue weighted by atomic mass is 16.6. The molecular weight excluding hydrogens is 331 g/mol.